The summed E-state index contributed by atoms with van der Waals surface area (Å²) < 4.78 is 0. The van der Waals surface area contributed by atoms with Crippen molar-refractivity contribution in [2.24, 2.45) is 0 Å². The summed E-state index contributed by atoms with van der Waals surface area (Å²) in [7, 11) is 0. The van der Waals surface area contributed by atoms with Crippen LogP contribution in [-0.2, 0) is 12.0 Å². The normalized spacial score (nSPS) is 26.2. The van der Waals surface area contributed by atoms with Gasteiger partial charge in [-0.15, -0.1) is 0 Å². The van der Waals surface area contributed by atoms with Crippen molar-refractivity contribution >= 4 is 11.6 Å². The molecule has 0 aliphatic heterocycles. The van der Waals surface area contributed by atoms with Gasteiger partial charge in [-0.05, 0) is 18.1 Å². The average Bonchev–Trinajstić information content (AvgIpc) is 2.01. The third-order valence-electron chi connectivity index (χ3n) is 2.63. The monoisotopic (exact) mass is 182 g/mol. The van der Waals surface area contributed by atoms with E-state index in [1.54, 1.807) is 0 Å². The maximum absolute atomic E-state index is 9.97. The first kappa shape index (κ1) is 8.09. The van der Waals surface area contributed by atoms with E-state index in [2.05, 4.69) is 0 Å². The van der Waals surface area contributed by atoms with Crippen LogP contribution >= 0.6 is 11.6 Å². The van der Waals surface area contributed by atoms with Crippen LogP contribution in [0.25, 0.3) is 0 Å². The van der Waals surface area contributed by atoms with Gasteiger partial charge in [0.25, 0.3) is 0 Å². The number of aliphatic hydroxyl groups is 1. The van der Waals surface area contributed by atoms with E-state index < -0.39 is 5.60 Å². The smallest absolute Gasteiger partial charge is 0.0951 e. The zero-order chi connectivity index (χ0) is 8.77. The highest BCUT2D eigenvalue weighted by molar-refractivity contribution is 6.31. The number of hydrogen-bond donors (Lipinski definition) is 1. The minimum atomic E-state index is -0.645. The lowest BCUT2D eigenvalue weighted by Crippen LogP contribution is -2.38. The molecule has 1 unspecified atom stereocenters. The lowest BCUT2D eigenvalue weighted by molar-refractivity contribution is 0.00884. The van der Waals surface area contributed by atoms with Gasteiger partial charge in [0.1, 0.15) is 0 Å². The van der Waals surface area contributed by atoms with Crippen LogP contribution in [-0.4, -0.2) is 5.11 Å². The predicted octanol–water partition coefficient (Wildman–Crippen LogP) is 2.49. The van der Waals surface area contributed by atoms with E-state index in [1.807, 2.05) is 25.1 Å². The lowest BCUT2D eigenvalue weighted by Gasteiger charge is -2.39. The summed E-state index contributed by atoms with van der Waals surface area (Å²) in [5.41, 5.74) is 1.48. The SMILES string of the molecule is CCC1(O)Cc2cccc(Cl)c21. The van der Waals surface area contributed by atoms with Crippen molar-refractivity contribution in [1.29, 1.82) is 0 Å². The third kappa shape index (κ3) is 0.900. The number of rotatable bonds is 1. The van der Waals surface area contributed by atoms with E-state index in [0.717, 1.165) is 18.4 Å². The Balaban J connectivity index is 2.52. The van der Waals surface area contributed by atoms with Gasteiger partial charge in [0.15, 0.2) is 0 Å². The molecule has 12 heavy (non-hydrogen) atoms. The Morgan fingerprint density at radius 1 is 1.58 bits per heavy atom. The van der Waals surface area contributed by atoms with Gasteiger partial charge in [0.2, 0.25) is 0 Å². The zero-order valence-electron chi connectivity index (χ0n) is 6.97. The second kappa shape index (κ2) is 2.48. The molecule has 1 atom stereocenters. The summed E-state index contributed by atoms with van der Waals surface area (Å²) in [5, 5.41) is 10.7. The largest absolute Gasteiger partial charge is 0.385 e. The van der Waals surface area contributed by atoms with Crippen molar-refractivity contribution in [2.45, 2.75) is 25.4 Å². The highest BCUT2D eigenvalue weighted by Crippen LogP contribution is 2.45. The Morgan fingerprint density at radius 3 is 2.92 bits per heavy atom. The molecular formula is C10H11ClO. The van der Waals surface area contributed by atoms with E-state index in [-0.39, 0.29) is 0 Å². The molecule has 2 heteroatoms. The fourth-order valence-electron chi connectivity index (χ4n) is 1.84. The highest BCUT2D eigenvalue weighted by Gasteiger charge is 2.40. The standard InChI is InChI=1S/C10H11ClO/c1-2-10(12)6-7-4-3-5-8(11)9(7)10/h3-5,12H,2,6H2,1H3. The average molecular weight is 183 g/mol. The molecule has 0 saturated carbocycles. The molecule has 0 fully saturated rings. The summed E-state index contributed by atoms with van der Waals surface area (Å²) >= 11 is 5.97. The molecule has 1 nitrogen and oxygen atoms in total. The van der Waals surface area contributed by atoms with Crippen molar-refractivity contribution in [3.63, 3.8) is 0 Å². The molecule has 2 rings (SSSR count). The Morgan fingerprint density at radius 2 is 2.33 bits per heavy atom. The molecule has 0 radical (unpaired) electrons. The van der Waals surface area contributed by atoms with E-state index in [9.17, 15) is 5.11 Å². The van der Waals surface area contributed by atoms with Gasteiger partial charge in [-0.1, -0.05) is 30.7 Å². The molecular weight excluding hydrogens is 172 g/mol. The van der Waals surface area contributed by atoms with Gasteiger partial charge in [-0.25, -0.2) is 0 Å². The van der Waals surface area contributed by atoms with Crippen molar-refractivity contribution < 1.29 is 5.11 Å². The minimum absolute atomic E-state index is 0.645. The first-order valence-electron chi connectivity index (χ1n) is 4.17. The van der Waals surface area contributed by atoms with E-state index in [0.29, 0.717) is 5.02 Å². The quantitative estimate of drug-likeness (QED) is 0.708. The Kier molecular flexibility index (Phi) is 1.67. The summed E-state index contributed by atoms with van der Waals surface area (Å²) in [6.45, 7) is 1.98. The van der Waals surface area contributed by atoms with Gasteiger partial charge in [0.05, 0.1) is 5.60 Å². The topological polar surface area (TPSA) is 20.2 Å². The molecule has 0 amide bonds. The zero-order valence-corrected chi connectivity index (χ0v) is 7.73. The van der Waals surface area contributed by atoms with Gasteiger partial charge in [0, 0.05) is 17.0 Å². The summed E-state index contributed by atoms with van der Waals surface area (Å²) in [6.07, 6.45) is 1.49. The van der Waals surface area contributed by atoms with Crippen LogP contribution in [0, 0.1) is 0 Å². The Bertz CT molecular complexity index is 307. The predicted molar refractivity (Wildman–Crippen MR) is 49.3 cm³/mol. The lowest BCUT2D eigenvalue weighted by atomic mass is 9.72. The van der Waals surface area contributed by atoms with Crippen LogP contribution in [0.15, 0.2) is 18.2 Å². The van der Waals surface area contributed by atoms with Crippen molar-refractivity contribution in [2.75, 3.05) is 0 Å². The first-order chi connectivity index (χ1) is 5.67. The number of fused-ring (bicyclic) bond motifs is 1. The van der Waals surface area contributed by atoms with Gasteiger partial charge < -0.3 is 5.11 Å². The molecule has 0 bridgehead atoms. The second-order valence-corrected chi connectivity index (χ2v) is 3.74. The van der Waals surface area contributed by atoms with Crippen molar-refractivity contribution in [3.8, 4) is 0 Å². The molecule has 1 aromatic rings. The Hall–Kier alpha value is -0.530. The van der Waals surface area contributed by atoms with Gasteiger partial charge >= 0.3 is 0 Å². The third-order valence-corrected chi connectivity index (χ3v) is 2.95. The highest BCUT2D eigenvalue weighted by atomic mass is 35.5. The van der Waals surface area contributed by atoms with Crippen LogP contribution in [0.3, 0.4) is 0 Å². The molecule has 1 N–H and O–H groups in total. The van der Waals surface area contributed by atoms with Crippen LogP contribution in [0.5, 0.6) is 0 Å². The molecule has 0 heterocycles. The van der Waals surface area contributed by atoms with Crippen LogP contribution < -0.4 is 0 Å². The molecule has 1 aliphatic rings. The molecule has 0 aromatic heterocycles. The minimum Gasteiger partial charge on any atom is -0.385 e. The van der Waals surface area contributed by atoms with Gasteiger partial charge in [-0.2, -0.15) is 0 Å². The van der Waals surface area contributed by atoms with Crippen LogP contribution in [0.1, 0.15) is 24.5 Å². The molecule has 1 aromatic carbocycles. The van der Waals surface area contributed by atoms with Gasteiger partial charge in [-0.3, -0.25) is 0 Å². The Labute approximate surface area is 77.0 Å². The van der Waals surface area contributed by atoms with Crippen molar-refractivity contribution in [1.82, 2.24) is 0 Å². The molecule has 64 valence electrons. The number of halogens is 1. The van der Waals surface area contributed by atoms with E-state index in [1.165, 1.54) is 5.56 Å². The fourth-order valence-corrected chi connectivity index (χ4v) is 2.21. The van der Waals surface area contributed by atoms with Crippen LogP contribution in [0.4, 0.5) is 0 Å². The maximum atomic E-state index is 9.97. The molecule has 0 spiro atoms. The number of benzene rings is 1. The number of hydrogen-bond acceptors (Lipinski definition) is 1. The molecule has 0 saturated heterocycles. The van der Waals surface area contributed by atoms with Crippen LogP contribution in [0.2, 0.25) is 5.02 Å². The van der Waals surface area contributed by atoms with Crippen molar-refractivity contribution in [3.05, 3.63) is 34.3 Å². The summed E-state index contributed by atoms with van der Waals surface area (Å²) in [4.78, 5) is 0. The fraction of sp³-hybridized carbons (Fsp3) is 0.400. The maximum Gasteiger partial charge on any atom is 0.0951 e. The van der Waals surface area contributed by atoms with E-state index in [4.69, 9.17) is 11.6 Å². The second-order valence-electron chi connectivity index (χ2n) is 3.34. The summed E-state index contributed by atoms with van der Waals surface area (Å²) in [6, 6.07) is 5.78. The molecule has 1 aliphatic carbocycles. The van der Waals surface area contributed by atoms with E-state index >= 15 is 0 Å². The first-order valence-corrected chi connectivity index (χ1v) is 4.55. The summed E-state index contributed by atoms with van der Waals surface area (Å²) in [5.74, 6) is 0.